The normalized spacial score (nSPS) is 16.8. The molecule has 1 aliphatic rings. The number of anilines is 1. The molecule has 1 heterocycles. The average Bonchev–Trinajstić information content (AvgIpc) is 2.38. The van der Waals surface area contributed by atoms with Gasteiger partial charge in [-0.1, -0.05) is 30.9 Å². The Morgan fingerprint density at radius 3 is 2.67 bits per heavy atom. The number of hydrogen-bond donors (Lipinski definition) is 0. The molecule has 0 radical (unpaired) electrons. The fourth-order valence-electron chi connectivity index (χ4n) is 2.56. The maximum absolute atomic E-state index is 13.9. The van der Waals surface area contributed by atoms with Crippen molar-refractivity contribution in [2.75, 3.05) is 17.3 Å². The molecule has 0 spiro atoms. The molecule has 2 nitrogen and oxygen atoms in total. The lowest BCUT2D eigenvalue weighted by atomic mass is 9.94. The molecular weight excluding hydrogens is 274 g/mol. The van der Waals surface area contributed by atoms with Crippen molar-refractivity contribution in [1.82, 2.24) is 4.98 Å². The van der Waals surface area contributed by atoms with Crippen LogP contribution in [-0.4, -0.2) is 23.5 Å². The van der Waals surface area contributed by atoms with E-state index in [0.717, 1.165) is 12.8 Å². The van der Waals surface area contributed by atoms with Gasteiger partial charge in [-0.25, -0.2) is 9.37 Å². The molecule has 0 N–H and O–H groups in total. The van der Waals surface area contributed by atoms with E-state index in [1.807, 2.05) is 4.90 Å². The van der Waals surface area contributed by atoms with Gasteiger partial charge in [-0.05, 0) is 18.9 Å². The van der Waals surface area contributed by atoms with E-state index in [1.165, 1.54) is 31.5 Å². The largest absolute Gasteiger partial charge is 0.350 e. The molecule has 100 valence electrons. The molecule has 1 aromatic rings. The molecule has 0 aromatic carbocycles. The molecular formula is C13H17Cl2FN2. The van der Waals surface area contributed by atoms with E-state index in [2.05, 4.69) is 4.98 Å². The predicted octanol–water partition coefficient (Wildman–Crippen LogP) is 4.25. The van der Waals surface area contributed by atoms with Crippen LogP contribution in [0.4, 0.5) is 10.2 Å². The number of pyridine rings is 1. The van der Waals surface area contributed by atoms with Crippen molar-refractivity contribution < 1.29 is 4.39 Å². The van der Waals surface area contributed by atoms with Crippen LogP contribution in [-0.2, 0) is 0 Å². The maximum atomic E-state index is 13.9. The Morgan fingerprint density at radius 2 is 2.06 bits per heavy atom. The van der Waals surface area contributed by atoms with Crippen LogP contribution in [0.1, 0.15) is 32.1 Å². The van der Waals surface area contributed by atoms with E-state index in [9.17, 15) is 4.39 Å². The maximum Gasteiger partial charge on any atom is 0.167 e. The predicted molar refractivity (Wildman–Crippen MR) is 74.1 cm³/mol. The van der Waals surface area contributed by atoms with Crippen molar-refractivity contribution in [1.29, 1.82) is 0 Å². The van der Waals surface area contributed by atoms with Crippen LogP contribution in [0.15, 0.2) is 12.3 Å². The van der Waals surface area contributed by atoms with Gasteiger partial charge in [-0.15, -0.1) is 11.6 Å². The molecule has 2 rings (SSSR count). The van der Waals surface area contributed by atoms with Crippen molar-refractivity contribution in [3.05, 3.63) is 23.1 Å². The highest BCUT2D eigenvalue weighted by atomic mass is 35.5. The second-order valence-corrected chi connectivity index (χ2v) is 5.45. The molecule has 0 unspecified atom stereocenters. The zero-order chi connectivity index (χ0) is 13.0. The first kappa shape index (κ1) is 13.9. The van der Waals surface area contributed by atoms with Crippen molar-refractivity contribution in [3.8, 4) is 0 Å². The van der Waals surface area contributed by atoms with Crippen molar-refractivity contribution in [2.45, 2.75) is 38.1 Å². The SMILES string of the molecule is Fc1cc(Cl)cnc1N(CCCl)C1CCCCC1. The third-order valence-corrected chi connectivity index (χ3v) is 3.78. The summed E-state index contributed by atoms with van der Waals surface area (Å²) >= 11 is 11.6. The van der Waals surface area contributed by atoms with Crippen molar-refractivity contribution in [2.24, 2.45) is 0 Å². The quantitative estimate of drug-likeness (QED) is 0.771. The summed E-state index contributed by atoms with van der Waals surface area (Å²) in [6.45, 7) is 0.623. The number of rotatable bonds is 4. The average molecular weight is 291 g/mol. The standard InChI is InChI=1S/C13H17Cl2FN2/c14-6-7-18(11-4-2-1-3-5-11)13-12(16)8-10(15)9-17-13/h8-9,11H,1-7H2. The summed E-state index contributed by atoms with van der Waals surface area (Å²) in [6.07, 6.45) is 7.31. The zero-order valence-electron chi connectivity index (χ0n) is 10.2. The van der Waals surface area contributed by atoms with Crippen LogP contribution in [0.3, 0.4) is 0 Å². The number of aromatic nitrogens is 1. The Morgan fingerprint density at radius 1 is 1.33 bits per heavy atom. The Labute approximate surface area is 117 Å². The number of alkyl halides is 1. The molecule has 0 saturated heterocycles. The summed E-state index contributed by atoms with van der Waals surface area (Å²) in [7, 11) is 0. The minimum absolute atomic E-state index is 0.325. The van der Waals surface area contributed by atoms with Crippen molar-refractivity contribution >= 4 is 29.0 Å². The van der Waals surface area contributed by atoms with Crippen LogP contribution in [0.5, 0.6) is 0 Å². The van der Waals surface area contributed by atoms with Gasteiger partial charge in [0.25, 0.3) is 0 Å². The van der Waals surface area contributed by atoms with Gasteiger partial charge in [0.15, 0.2) is 11.6 Å². The monoisotopic (exact) mass is 290 g/mol. The van der Waals surface area contributed by atoms with Crippen LogP contribution in [0, 0.1) is 5.82 Å². The Balaban J connectivity index is 2.22. The summed E-state index contributed by atoms with van der Waals surface area (Å²) in [5.74, 6) is 0.491. The summed E-state index contributed by atoms with van der Waals surface area (Å²) in [6, 6.07) is 1.66. The van der Waals surface area contributed by atoms with Crippen LogP contribution >= 0.6 is 23.2 Å². The van der Waals surface area contributed by atoms with Gasteiger partial charge >= 0.3 is 0 Å². The molecule has 1 aliphatic carbocycles. The molecule has 1 fully saturated rings. The second kappa shape index (κ2) is 6.58. The van der Waals surface area contributed by atoms with Crippen LogP contribution < -0.4 is 4.90 Å². The van der Waals surface area contributed by atoms with Crippen LogP contribution in [0.25, 0.3) is 0 Å². The van der Waals surface area contributed by atoms with E-state index < -0.39 is 0 Å². The fourth-order valence-corrected chi connectivity index (χ4v) is 2.89. The first-order chi connectivity index (χ1) is 8.72. The third kappa shape index (κ3) is 3.27. The van der Waals surface area contributed by atoms with E-state index >= 15 is 0 Å². The first-order valence-corrected chi connectivity index (χ1v) is 7.27. The number of hydrogen-bond acceptors (Lipinski definition) is 2. The molecule has 1 aromatic heterocycles. The molecule has 0 aliphatic heterocycles. The second-order valence-electron chi connectivity index (χ2n) is 4.63. The third-order valence-electron chi connectivity index (χ3n) is 3.40. The summed E-state index contributed by atoms with van der Waals surface area (Å²) in [5, 5.41) is 0.325. The lowest BCUT2D eigenvalue weighted by Crippen LogP contribution is -2.39. The zero-order valence-corrected chi connectivity index (χ0v) is 11.7. The Kier molecular flexibility index (Phi) is 5.07. The molecule has 0 amide bonds. The first-order valence-electron chi connectivity index (χ1n) is 6.36. The smallest absolute Gasteiger partial charge is 0.167 e. The lowest BCUT2D eigenvalue weighted by Gasteiger charge is -2.35. The van der Waals surface area contributed by atoms with Gasteiger partial charge in [-0.3, -0.25) is 0 Å². The topological polar surface area (TPSA) is 16.1 Å². The summed E-state index contributed by atoms with van der Waals surface area (Å²) < 4.78 is 13.9. The lowest BCUT2D eigenvalue weighted by molar-refractivity contribution is 0.412. The van der Waals surface area contributed by atoms with E-state index in [-0.39, 0.29) is 5.82 Å². The molecule has 5 heteroatoms. The van der Waals surface area contributed by atoms with Crippen molar-refractivity contribution in [3.63, 3.8) is 0 Å². The van der Waals surface area contributed by atoms with Gasteiger partial charge in [0, 0.05) is 24.7 Å². The van der Waals surface area contributed by atoms with Crippen LogP contribution in [0.2, 0.25) is 5.02 Å². The van der Waals surface area contributed by atoms with Gasteiger partial charge in [-0.2, -0.15) is 0 Å². The van der Waals surface area contributed by atoms with Gasteiger partial charge < -0.3 is 4.90 Å². The highest BCUT2D eigenvalue weighted by molar-refractivity contribution is 6.30. The Bertz CT molecular complexity index is 395. The highest BCUT2D eigenvalue weighted by Crippen LogP contribution is 2.28. The van der Waals surface area contributed by atoms with Gasteiger partial charge in [0.05, 0.1) is 5.02 Å². The minimum Gasteiger partial charge on any atom is -0.350 e. The number of halogens is 3. The summed E-state index contributed by atoms with van der Waals surface area (Å²) in [5.41, 5.74) is 0. The minimum atomic E-state index is -0.363. The molecule has 0 bridgehead atoms. The number of nitrogens with zero attached hydrogens (tertiary/aromatic N) is 2. The van der Waals surface area contributed by atoms with Gasteiger partial charge in [0.2, 0.25) is 0 Å². The Hall–Kier alpha value is -0.540. The summed E-state index contributed by atoms with van der Waals surface area (Å²) in [4.78, 5) is 6.13. The molecule has 0 atom stereocenters. The molecule has 1 saturated carbocycles. The van der Waals surface area contributed by atoms with E-state index in [4.69, 9.17) is 23.2 Å². The highest BCUT2D eigenvalue weighted by Gasteiger charge is 2.24. The van der Waals surface area contributed by atoms with E-state index in [0.29, 0.717) is 29.3 Å². The van der Waals surface area contributed by atoms with Gasteiger partial charge in [0.1, 0.15) is 0 Å². The fraction of sp³-hybridized carbons (Fsp3) is 0.615. The van der Waals surface area contributed by atoms with E-state index in [1.54, 1.807) is 0 Å². The molecule has 18 heavy (non-hydrogen) atoms.